The van der Waals surface area contributed by atoms with E-state index in [0.29, 0.717) is 17.5 Å². The summed E-state index contributed by atoms with van der Waals surface area (Å²) in [5, 5.41) is 4.37. The zero-order valence-electron chi connectivity index (χ0n) is 26.7. The Hall–Kier alpha value is -6.92. The van der Waals surface area contributed by atoms with E-state index in [2.05, 4.69) is 114 Å². The van der Waals surface area contributed by atoms with Gasteiger partial charge in [-0.2, -0.15) is 0 Å². The van der Waals surface area contributed by atoms with Crippen molar-refractivity contribution in [1.29, 1.82) is 0 Å². The van der Waals surface area contributed by atoms with Crippen LogP contribution in [-0.2, 0) is 0 Å². The number of hydrogen-bond acceptors (Lipinski definition) is 5. The number of rotatable bonds is 5. The van der Waals surface area contributed by atoms with Crippen molar-refractivity contribution in [1.82, 2.24) is 24.5 Å². The van der Waals surface area contributed by atoms with Crippen molar-refractivity contribution in [3.8, 4) is 51.0 Å². The number of benzene rings is 6. The molecule has 4 aromatic heterocycles. The topological polar surface area (TPSA) is 69.6 Å². The van der Waals surface area contributed by atoms with E-state index < -0.39 is 0 Å². The molecular weight excluding hydrogens is 615 g/mol. The summed E-state index contributed by atoms with van der Waals surface area (Å²) in [6.07, 6.45) is 1.84. The van der Waals surface area contributed by atoms with Gasteiger partial charge in [-0.25, -0.2) is 19.9 Å². The minimum Gasteiger partial charge on any atom is -0.456 e. The first-order valence-electron chi connectivity index (χ1n) is 16.6. The molecule has 0 saturated carbocycles. The summed E-state index contributed by atoms with van der Waals surface area (Å²) in [6, 6.07) is 53.8. The third kappa shape index (κ3) is 4.65. The van der Waals surface area contributed by atoms with Crippen LogP contribution in [0.15, 0.2) is 168 Å². The third-order valence-electron chi connectivity index (χ3n) is 9.32. The molecule has 0 bridgehead atoms. The number of fused-ring (bicyclic) bond motifs is 6. The summed E-state index contributed by atoms with van der Waals surface area (Å²) >= 11 is 0. The van der Waals surface area contributed by atoms with Gasteiger partial charge in [-0.15, -0.1) is 0 Å². The predicted octanol–water partition coefficient (Wildman–Crippen LogP) is 10.9. The molecule has 6 heteroatoms. The van der Waals surface area contributed by atoms with E-state index in [-0.39, 0.29) is 0 Å². The van der Waals surface area contributed by atoms with Gasteiger partial charge in [-0.05, 0) is 53.6 Å². The van der Waals surface area contributed by atoms with Gasteiger partial charge in [0.25, 0.3) is 0 Å². The molecule has 0 radical (unpaired) electrons. The highest BCUT2D eigenvalue weighted by atomic mass is 16.3. The van der Waals surface area contributed by atoms with Crippen LogP contribution in [0.1, 0.15) is 0 Å². The summed E-state index contributed by atoms with van der Waals surface area (Å²) < 4.78 is 8.76. The Morgan fingerprint density at radius 3 is 1.70 bits per heavy atom. The van der Waals surface area contributed by atoms with E-state index in [1.807, 2.05) is 54.7 Å². The zero-order chi connectivity index (χ0) is 33.0. The molecule has 0 saturated heterocycles. The molecule has 4 heterocycles. The molecule has 6 nitrogen and oxygen atoms in total. The second-order valence-electron chi connectivity index (χ2n) is 12.3. The summed E-state index contributed by atoms with van der Waals surface area (Å²) in [5.41, 5.74) is 9.59. The lowest BCUT2D eigenvalue weighted by molar-refractivity contribution is 0.668. The highest BCUT2D eigenvalue weighted by Crippen LogP contribution is 2.36. The van der Waals surface area contributed by atoms with Gasteiger partial charge in [-0.1, -0.05) is 109 Å². The minimum absolute atomic E-state index is 0.584. The lowest BCUT2D eigenvalue weighted by Gasteiger charge is -2.09. The Morgan fingerprint density at radius 2 is 0.940 bits per heavy atom. The van der Waals surface area contributed by atoms with Gasteiger partial charge in [-0.3, -0.25) is 4.57 Å². The number of para-hydroxylation sites is 1. The van der Waals surface area contributed by atoms with Crippen LogP contribution in [0.25, 0.3) is 94.9 Å². The van der Waals surface area contributed by atoms with Crippen LogP contribution in [0.4, 0.5) is 0 Å². The standard InChI is InChI=1S/C44H27N5O/c1-3-10-28(11-4-1)29-17-19-31(20-18-29)42-46-41(30-12-5-2-6-13-30)47-43(48-42)32-21-23-35-36-24-22-33(27-40(36)50-39(35)26-32)49-38-16-8-7-14-34(38)37-15-9-25-45-44(37)49/h1-27H. The Kier molecular flexibility index (Phi) is 6.39. The average molecular weight is 642 g/mol. The van der Waals surface area contributed by atoms with Gasteiger partial charge in [0.2, 0.25) is 0 Å². The average Bonchev–Trinajstić information content (AvgIpc) is 3.73. The maximum absolute atomic E-state index is 6.56. The minimum atomic E-state index is 0.584. The monoisotopic (exact) mass is 641 g/mol. The van der Waals surface area contributed by atoms with Gasteiger partial charge in [0.05, 0.1) is 11.2 Å². The smallest absolute Gasteiger partial charge is 0.164 e. The van der Waals surface area contributed by atoms with Gasteiger partial charge in [0, 0.05) is 50.5 Å². The quantitative estimate of drug-likeness (QED) is 0.187. The Labute approximate surface area is 287 Å². The lowest BCUT2D eigenvalue weighted by atomic mass is 10.0. The van der Waals surface area contributed by atoms with Crippen molar-refractivity contribution in [3.63, 3.8) is 0 Å². The summed E-state index contributed by atoms with van der Waals surface area (Å²) in [4.78, 5) is 19.6. The fourth-order valence-electron chi connectivity index (χ4n) is 6.89. The van der Waals surface area contributed by atoms with Crippen LogP contribution in [-0.4, -0.2) is 24.5 Å². The Bertz CT molecular complexity index is 2800. The maximum Gasteiger partial charge on any atom is 0.164 e. The Balaban J connectivity index is 1.08. The molecule has 0 aliphatic carbocycles. The van der Waals surface area contributed by atoms with Crippen molar-refractivity contribution >= 4 is 43.9 Å². The van der Waals surface area contributed by atoms with Crippen molar-refractivity contribution in [2.45, 2.75) is 0 Å². The van der Waals surface area contributed by atoms with Gasteiger partial charge < -0.3 is 4.42 Å². The van der Waals surface area contributed by atoms with Crippen LogP contribution in [0.3, 0.4) is 0 Å². The second kappa shape index (κ2) is 11.4. The molecule has 0 N–H and O–H groups in total. The first-order valence-corrected chi connectivity index (χ1v) is 16.6. The van der Waals surface area contributed by atoms with Crippen LogP contribution in [0.2, 0.25) is 0 Å². The maximum atomic E-state index is 6.56. The summed E-state index contributed by atoms with van der Waals surface area (Å²) in [5.74, 6) is 1.81. The Morgan fingerprint density at radius 1 is 0.400 bits per heavy atom. The third-order valence-corrected chi connectivity index (χ3v) is 9.32. The molecule has 0 aliphatic heterocycles. The molecule has 0 unspecified atom stereocenters. The van der Waals surface area contributed by atoms with Gasteiger partial charge in [0.15, 0.2) is 17.5 Å². The molecule has 10 aromatic rings. The zero-order valence-corrected chi connectivity index (χ0v) is 26.7. The molecule has 0 amide bonds. The van der Waals surface area contributed by atoms with Gasteiger partial charge in [0.1, 0.15) is 16.8 Å². The van der Waals surface area contributed by atoms with Gasteiger partial charge >= 0.3 is 0 Å². The first kappa shape index (κ1) is 28.1. The molecule has 234 valence electrons. The summed E-state index contributed by atoms with van der Waals surface area (Å²) in [7, 11) is 0. The normalized spacial score (nSPS) is 11.6. The fraction of sp³-hybridized carbons (Fsp3) is 0. The van der Waals surface area contributed by atoms with E-state index in [4.69, 9.17) is 24.4 Å². The predicted molar refractivity (Wildman–Crippen MR) is 201 cm³/mol. The second-order valence-corrected chi connectivity index (χ2v) is 12.3. The van der Waals surface area contributed by atoms with Crippen molar-refractivity contribution in [3.05, 3.63) is 164 Å². The van der Waals surface area contributed by atoms with E-state index in [0.717, 1.165) is 66.4 Å². The molecule has 0 aliphatic rings. The summed E-state index contributed by atoms with van der Waals surface area (Å²) in [6.45, 7) is 0. The number of furan rings is 1. The SMILES string of the molecule is c1ccc(-c2ccc(-c3nc(-c4ccccc4)nc(-c4ccc5c(c4)oc4cc(-n6c7ccccc7c7cccnc76)ccc45)n3)cc2)cc1. The number of aromatic nitrogens is 5. The van der Waals surface area contributed by atoms with E-state index >= 15 is 0 Å². The molecular formula is C44H27N5O. The van der Waals surface area contributed by atoms with Crippen molar-refractivity contribution in [2.24, 2.45) is 0 Å². The van der Waals surface area contributed by atoms with Crippen molar-refractivity contribution in [2.75, 3.05) is 0 Å². The fourth-order valence-corrected chi connectivity index (χ4v) is 6.89. The highest BCUT2D eigenvalue weighted by molar-refractivity contribution is 6.09. The highest BCUT2D eigenvalue weighted by Gasteiger charge is 2.17. The number of pyridine rings is 1. The first-order chi connectivity index (χ1) is 24.8. The molecule has 50 heavy (non-hydrogen) atoms. The number of nitrogens with zero attached hydrogens (tertiary/aromatic N) is 5. The lowest BCUT2D eigenvalue weighted by Crippen LogP contribution is -2.00. The van der Waals surface area contributed by atoms with Crippen LogP contribution in [0.5, 0.6) is 0 Å². The van der Waals surface area contributed by atoms with E-state index in [9.17, 15) is 0 Å². The van der Waals surface area contributed by atoms with Crippen LogP contribution < -0.4 is 0 Å². The van der Waals surface area contributed by atoms with E-state index in [1.54, 1.807) is 0 Å². The van der Waals surface area contributed by atoms with Crippen LogP contribution in [0, 0.1) is 0 Å². The van der Waals surface area contributed by atoms with Crippen LogP contribution >= 0.6 is 0 Å². The van der Waals surface area contributed by atoms with Crippen molar-refractivity contribution < 1.29 is 4.42 Å². The molecule has 0 fully saturated rings. The largest absolute Gasteiger partial charge is 0.456 e. The van der Waals surface area contributed by atoms with E-state index in [1.165, 1.54) is 10.9 Å². The molecule has 0 atom stereocenters. The molecule has 10 rings (SSSR count). The molecule has 6 aromatic carbocycles. The molecule has 0 spiro atoms. The number of hydrogen-bond donors (Lipinski definition) is 0.